The molecule has 0 fully saturated rings. The fourth-order valence-electron chi connectivity index (χ4n) is 1.84. The lowest BCUT2D eigenvalue weighted by molar-refractivity contribution is 0.596. The monoisotopic (exact) mass is 275 g/mol. The number of hydrogen-bond acceptors (Lipinski definition) is 2. The molecule has 0 aliphatic rings. The summed E-state index contributed by atoms with van der Waals surface area (Å²) in [5.74, 6) is 0.592. The number of rotatable bonds is 4. The zero-order chi connectivity index (χ0) is 13.8. The van der Waals surface area contributed by atoms with Crippen LogP contribution in [0.4, 0.5) is 4.39 Å². The van der Waals surface area contributed by atoms with Crippen LogP contribution in [-0.4, -0.2) is 0 Å². The van der Waals surface area contributed by atoms with Gasteiger partial charge in [0, 0.05) is 16.7 Å². The highest BCUT2D eigenvalue weighted by atomic mass is 32.2. The highest BCUT2D eigenvalue weighted by Gasteiger charge is 2.07. The molecular formula is C16H18FNS. The van der Waals surface area contributed by atoms with Gasteiger partial charge >= 0.3 is 0 Å². The number of aryl methyl sites for hydroxylation is 1. The summed E-state index contributed by atoms with van der Waals surface area (Å²) in [6.45, 7) is 3.93. The van der Waals surface area contributed by atoms with E-state index in [0.717, 1.165) is 11.3 Å². The maximum absolute atomic E-state index is 13.9. The molecule has 0 heterocycles. The molecule has 2 aromatic carbocycles. The van der Waals surface area contributed by atoms with E-state index in [9.17, 15) is 4.39 Å². The first-order valence-corrected chi connectivity index (χ1v) is 7.29. The Labute approximate surface area is 118 Å². The van der Waals surface area contributed by atoms with E-state index in [1.807, 2.05) is 31.2 Å². The van der Waals surface area contributed by atoms with Crippen LogP contribution in [-0.2, 0) is 5.75 Å². The summed E-state index contributed by atoms with van der Waals surface area (Å²) in [6.07, 6.45) is 0. The van der Waals surface area contributed by atoms with E-state index >= 15 is 0 Å². The van der Waals surface area contributed by atoms with E-state index < -0.39 is 0 Å². The molecule has 0 saturated heterocycles. The summed E-state index contributed by atoms with van der Waals surface area (Å²) in [5, 5.41) is 0. The Kier molecular flexibility index (Phi) is 4.61. The molecule has 0 bridgehead atoms. The van der Waals surface area contributed by atoms with E-state index in [-0.39, 0.29) is 11.9 Å². The highest BCUT2D eigenvalue weighted by Crippen LogP contribution is 2.28. The van der Waals surface area contributed by atoms with Gasteiger partial charge in [0.05, 0.1) is 0 Å². The van der Waals surface area contributed by atoms with Crippen molar-refractivity contribution in [2.45, 2.75) is 30.5 Å². The van der Waals surface area contributed by atoms with Crippen molar-refractivity contribution in [2.75, 3.05) is 0 Å². The van der Waals surface area contributed by atoms with Crippen molar-refractivity contribution in [1.29, 1.82) is 0 Å². The third-order valence-corrected chi connectivity index (χ3v) is 4.22. The van der Waals surface area contributed by atoms with Gasteiger partial charge in [-0.1, -0.05) is 30.3 Å². The van der Waals surface area contributed by atoms with Crippen LogP contribution < -0.4 is 5.73 Å². The molecule has 0 spiro atoms. The SMILES string of the molecule is Cc1ccccc1CSc1ccc([C@@H](C)N)cc1F. The normalized spacial score (nSPS) is 12.4. The topological polar surface area (TPSA) is 26.0 Å². The summed E-state index contributed by atoms with van der Waals surface area (Å²) in [4.78, 5) is 0.674. The van der Waals surface area contributed by atoms with Crippen molar-refractivity contribution in [3.8, 4) is 0 Å². The third-order valence-electron chi connectivity index (χ3n) is 3.13. The van der Waals surface area contributed by atoms with Gasteiger partial charge < -0.3 is 5.73 Å². The molecule has 1 nitrogen and oxygen atoms in total. The molecule has 1 atom stereocenters. The second kappa shape index (κ2) is 6.22. The lowest BCUT2D eigenvalue weighted by Gasteiger charge is -2.09. The molecule has 0 saturated carbocycles. The first-order valence-electron chi connectivity index (χ1n) is 6.30. The van der Waals surface area contributed by atoms with Gasteiger partial charge in [-0.05, 0) is 42.7 Å². The van der Waals surface area contributed by atoms with Gasteiger partial charge in [-0.15, -0.1) is 11.8 Å². The van der Waals surface area contributed by atoms with Crippen LogP contribution >= 0.6 is 11.8 Å². The zero-order valence-electron chi connectivity index (χ0n) is 11.2. The minimum atomic E-state index is -0.187. The van der Waals surface area contributed by atoms with E-state index in [0.29, 0.717) is 4.90 Å². The Bertz CT molecular complexity index is 566. The van der Waals surface area contributed by atoms with Crippen molar-refractivity contribution >= 4 is 11.8 Å². The second-order valence-corrected chi connectivity index (χ2v) is 5.71. The number of hydrogen-bond donors (Lipinski definition) is 1. The summed E-state index contributed by atoms with van der Waals surface area (Å²) in [5.41, 5.74) is 9.05. The van der Waals surface area contributed by atoms with E-state index in [2.05, 4.69) is 19.1 Å². The van der Waals surface area contributed by atoms with Crippen LogP contribution in [0, 0.1) is 12.7 Å². The average Bonchev–Trinajstić information content (AvgIpc) is 2.39. The molecule has 3 heteroatoms. The molecule has 0 radical (unpaired) electrons. The Morgan fingerprint density at radius 1 is 1.21 bits per heavy atom. The average molecular weight is 275 g/mol. The standard InChI is InChI=1S/C16H18FNS/c1-11-5-3-4-6-14(11)10-19-16-8-7-13(12(2)18)9-15(16)17/h3-9,12H,10,18H2,1-2H3/t12-/m1/s1. The molecule has 0 aliphatic heterocycles. The summed E-state index contributed by atoms with van der Waals surface area (Å²) >= 11 is 1.52. The van der Waals surface area contributed by atoms with Crippen LogP contribution in [0.5, 0.6) is 0 Å². The quantitative estimate of drug-likeness (QED) is 0.834. The van der Waals surface area contributed by atoms with Gasteiger partial charge in [0.15, 0.2) is 0 Å². The fourth-order valence-corrected chi connectivity index (χ4v) is 2.84. The molecule has 2 aromatic rings. The molecule has 100 valence electrons. The first-order chi connectivity index (χ1) is 9.08. The zero-order valence-corrected chi connectivity index (χ0v) is 12.0. The molecule has 19 heavy (non-hydrogen) atoms. The Balaban J connectivity index is 2.10. The predicted octanol–water partition coefficient (Wildman–Crippen LogP) is 4.45. The van der Waals surface area contributed by atoms with Gasteiger partial charge in [-0.25, -0.2) is 4.39 Å². The van der Waals surface area contributed by atoms with Crippen LogP contribution in [0.15, 0.2) is 47.4 Å². The fraction of sp³-hybridized carbons (Fsp3) is 0.250. The van der Waals surface area contributed by atoms with Crippen molar-refractivity contribution in [1.82, 2.24) is 0 Å². The maximum atomic E-state index is 13.9. The molecule has 0 amide bonds. The highest BCUT2D eigenvalue weighted by molar-refractivity contribution is 7.98. The first kappa shape index (κ1) is 14.1. The third kappa shape index (κ3) is 3.58. The summed E-state index contributed by atoms with van der Waals surface area (Å²) in [6, 6.07) is 13.3. The minimum Gasteiger partial charge on any atom is -0.324 e. The largest absolute Gasteiger partial charge is 0.324 e. The van der Waals surface area contributed by atoms with Crippen LogP contribution in [0.25, 0.3) is 0 Å². The smallest absolute Gasteiger partial charge is 0.137 e. The Morgan fingerprint density at radius 3 is 2.58 bits per heavy atom. The summed E-state index contributed by atoms with van der Waals surface area (Å²) in [7, 11) is 0. The predicted molar refractivity (Wildman–Crippen MR) is 79.7 cm³/mol. The second-order valence-electron chi connectivity index (χ2n) is 4.69. The lowest BCUT2D eigenvalue weighted by Crippen LogP contribution is -2.05. The van der Waals surface area contributed by atoms with Crippen molar-refractivity contribution in [3.05, 3.63) is 65.0 Å². The number of benzene rings is 2. The Hall–Kier alpha value is -1.32. The van der Waals surface area contributed by atoms with Gasteiger partial charge in [-0.3, -0.25) is 0 Å². The summed E-state index contributed by atoms with van der Waals surface area (Å²) < 4.78 is 13.9. The molecule has 0 aromatic heterocycles. The number of thioether (sulfide) groups is 1. The molecule has 2 rings (SSSR count). The van der Waals surface area contributed by atoms with Crippen molar-refractivity contribution in [3.63, 3.8) is 0 Å². The maximum Gasteiger partial charge on any atom is 0.137 e. The van der Waals surface area contributed by atoms with E-state index in [1.165, 1.54) is 29.0 Å². The van der Waals surface area contributed by atoms with Crippen LogP contribution in [0.3, 0.4) is 0 Å². The number of halogens is 1. The Morgan fingerprint density at radius 2 is 1.95 bits per heavy atom. The van der Waals surface area contributed by atoms with Crippen LogP contribution in [0.2, 0.25) is 0 Å². The minimum absolute atomic E-state index is 0.134. The molecule has 0 unspecified atom stereocenters. The van der Waals surface area contributed by atoms with Crippen molar-refractivity contribution < 1.29 is 4.39 Å². The number of nitrogens with two attached hydrogens (primary N) is 1. The molecular weight excluding hydrogens is 257 g/mol. The van der Waals surface area contributed by atoms with E-state index in [4.69, 9.17) is 5.73 Å². The molecule has 0 aliphatic carbocycles. The van der Waals surface area contributed by atoms with E-state index in [1.54, 1.807) is 0 Å². The van der Waals surface area contributed by atoms with Gasteiger partial charge in [-0.2, -0.15) is 0 Å². The lowest BCUT2D eigenvalue weighted by atomic mass is 10.1. The van der Waals surface area contributed by atoms with Crippen molar-refractivity contribution in [2.24, 2.45) is 5.73 Å². The van der Waals surface area contributed by atoms with Gasteiger partial charge in [0.1, 0.15) is 5.82 Å². The molecule has 2 N–H and O–H groups in total. The van der Waals surface area contributed by atoms with Crippen LogP contribution in [0.1, 0.15) is 29.7 Å². The van der Waals surface area contributed by atoms with Gasteiger partial charge in [0.2, 0.25) is 0 Å². The van der Waals surface area contributed by atoms with Gasteiger partial charge in [0.25, 0.3) is 0 Å².